The van der Waals surface area contributed by atoms with Gasteiger partial charge in [0.1, 0.15) is 16.8 Å². The third-order valence-corrected chi connectivity index (χ3v) is 9.17. The van der Waals surface area contributed by atoms with E-state index in [9.17, 15) is 18.6 Å². The monoisotopic (exact) mass is 531 g/mol. The van der Waals surface area contributed by atoms with E-state index in [1.807, 2.05) is 35.2 Å². The van der Waals surface area contributed by atoms with Crippen LogP contribution in [0.25, 0.3) is 10.9 Å². The van der Waals surface area contributed by atoms with Crippen molar-refractivity contribution in [1.82, 2.24) is 14.3 Å². The number of fused-ring (bicyclic) bond motifs is 1. The molecule has 2 aromatic carbocycles. The predicted molar refractivity (Wildman–Crippen MR) is 142 cm³/mol. The van der Waals surface area contributed by atoms with Crippen LogP contribution in [-0.4, -0.2) is 48.9 Å². The number of rotatable bonds is 6. The van der Waals surface area contributed by atoms with E-state index in [0.717, 1.165) is 15.8 Å². The molecule has 0 saturated carbocycles. The molecule has 0 spiro atoms. The van der Waals surface area contributed by atoms with E-state index in [-0.39, 0.29) is 29.4 Å². The van der Waals surface area contributed by atoms with Crippen LogP contribution in [0, 0.1) is 16.2 Å². The molecule has 186 valence electrons. The van der Waals surface area contributed by atoms with Gasteiger partial charge < -0.3 is 10.6 Å². The number of nitrogens with zero attached hydrogens (tertiary/aromatic N) is 6. The lowest BCUT2D eigenvalue weighted by Gasteiger charge is -2.35. The summed E-state index contributed by atoms with van der Waals surface area (Å²) in [6.07, 6.45) is 3.29. The summed E-state index contributed by atoms with van der Waals surface area (Å²) in [5.74, 6) is 0.519. The molecule has 2 aromatic heterocycles. The second-order valence-electron chi connectivity index (χ2n) is 8.23. The molecule has 1 fully saturated rings. The number of nitriles is 1. The molecule has 12 heteroatoms. The smallest absolute Gasteiger partial charge is 0.245 e. The fraction of sp³-hybridized carbons (Fsp3) is 0.160. The number of piperazine rings is 1. The molecule has 1 aliphatic rings. The molecule has 0 amide bonds. The van der Waals surface area contributed by atoms with Gasteiger partial charge in [-0.1, -0.05) is 30.0 Å². The number of para-hydroxylation sites is 1. The van der Waals surface area contributed by atoms with Gasteiger partial charge in [-0.25, -0.2) is 13.4 Å². The number of nitroso groups, excluding NO2 is 1. The summed E-state index contributed by atoms with van der Waals surface area (Å²) in [6.45, 7) is 0.985. The molecule has 37 heavy (non-hydrogen) atoms. The number of aromatic nitrogens is 2. The first-order valence-corrected chi connectivity index (χ1v) is 13.6. The zero-order valence-corrected chi connectivity index (χ0v) is 21.1. The van der Waals surface area contributed by atoms with E-state index in [0.29, 0.717) is 29.4 Å². The first-order chi connectivity index (χ1) is 17.9. The Balaban J connectivity index is 1.41. The van der Waals surface area contributed by atoms with Crippen LogP contribution >= 0.6 is 11.8 Å². The molecule has 0 unspecified atom stereocenters. The maximum absolute atomic E-state index is 13.5. The van der Waals surface area contributed by atoms with Crippen molar-refractivity contribution >= 4 is 49.9 Å². The molecule has 1 aliphatic heterocycles. The Morgan fingerprint density at radius 2 is 1.68 bits per heavy atom. The molecule has 0 bridgehead atoms. The van der Waals surface area contributed by atoms with E-state index in [2.05, 4.69) is 21.2 Å². The Hall–Kier alpha value is -4.05. The average Bonchev–Trinajstić information content (AvgIpc) is 2.94. The Kier molecular flexibility index (Phi) is 6.75. The largest absolute Gasteiger partial charge is 0.396 e. The van der Waals surface area contributed by atoms with Crippen LogP contribution in [-0.2, 0) is 10.0 Å². The van der Waals surface area contributed by atoms with Crippen molar-refractivity contribution < 1.29 is 8.42 Å². The van der Waals surface area contributed by atoms with Gasteiger partial charge in [-0.3, -0.25) is 4.98 Å². The predicted octanol–water partition coefficient (Wildman–Crippen LogP) is 4.14. The van der Waals surface area contributed by atoms with Crippen LogP contribution < -0.4 is 10.6 Å². The SMILES string of the molecule is N#Cc1cccnc1N1CCN(S(=O)(=O)c2ccc(Sc3cccc4cccnc34)c(N)c2N=O)CC1. The molecule has 2 N–H and O–H groups in total. The lowest BCUT2D eigenvalue weighted by Crippen LogP contribution is -2.49. The molecular weight excluding hydrogens is 510 g/mol. The second-order valence-corrected chi connectivity index (χ2v) is 11.2. The minimum absolute atomic E-state index is 0.000192. The van der Waals surface area contributed by atoms with Gasteiger partial charge in [-0.15, -0.1) is 4.91 Å². The number of anilines is 2. The Bertz CT molecular complexity index is 1640. The number of hydrogen-bond donors (Lipinski definition) is 1. The topological polar surface area (TPSA) is 146 Å². The van der Waals surface area contributed by atoms with Gasteiger partial charge in [-0.2, -0.15) is 9.57 Å². The third-order valence-electron chi connectivity index (χ3n) is 6.11. The highest BCUT2D eigenvalue weighted by molar-refractivity contribution is 7.99. The van der Waals surface area contributed by atoms with E-state index < -0.39 is 10.0 Å². The number of pyridine rings is 2. The minimum Gasteiger partial charge on any atom is -0.396 e. The van der Waals surface area contributed by atoms with Crippen molar-refractivity contribution in [1.29, 1.82) is 5.26 Å². The van der Waals surface area contributed by atoms with Gasteiger partial charge in [0.25, 0.3) is 0 Å². The molecule has 5 rings (SSSR count). The summed E-state index contributed by atoms with van der Waals surface area (Å²) in [5, 5.41) is 13.3. The third kappa shape index (κ3) is 4.60. The summed E-state index contributed by atoms with van der Waals surface area (Å²) >= 11 is 1.29. The van der Waals surface area contributed by atoms with E-state index in [1.54, 1.807) is 30.6 Å². The lowest BCUT2D eigenvalue weighted by atomic mass is 10.2. The first kappa shape index (κ1) is 24.6. The van der Waals surface area contributed by atoms with Crippen molar-refractivity contribution in [2.24, 2.45) is 5.18 Å². The first-order valence-electron chi connectivity index (χ1n) is 11.3. The zero-order valence-electron chi connectivity index (χ0n) is 19.5. The summed E-state index contributed by atoms with van der Waals surface area (Å²) in [5.41, 5.74) is 7.17. The van der Waals surface area contributed by atoms with Crippen LogP contribution in [0.5, 0.6) is 0 Å². The normalized spacial score (nSPS) is 14.4. The van der Waals surface area contributed by atoms with Gasteiger partial charge in [-0.05, 0) is 41.6 Å². The van der Waals surface area contributed by atoms with Gasteiger partial charge in [0, 0.05) is 53.7 Å². The van der Waals surface area contributed by atoms with Gasteiger partial charge in [0.15, 0.2) is 5.69 Å². The molecular formula is C25H21N7O3S2. The van der Waals surface area contributed by atoms with Gasteiger partial charge in [0.05, 0.1) is 16.8 Å². The quantitative estimate of drug-likeness (QED) is 0.286. The highest BCUT2D eigenvalue weighted by Crippen LogP contribution is 2.43. The summed E-state index contributed by atoms with van der Waals surface area (Å²) in [7, 11) is -4.05. The number of hydrogen-bond acceptors (Lipinski definition) is 10. The van der Waals surface area contributed by atoms with E-state index >= 15 is 0 Å². The van der Waals surface area contributed by atoms with Crippen molar-refractivity contribution in [2.45, 2.75) is 14.7 Å². The number of benzene rings is 2. The lowest BCUT2D eigenvalue weighted by molar-refractivity contribution is 0.384. The fourth-order valence-electron chi connectivity index (χ4n) is 4.25. The molecule has 0 radical (unpaired) electrons. The highest BCUT2D eigenvalue weighted by atomic mass is 32.2. The Morgan fingerprint density at radius 3 is 2.43 bits per heavy atom. The van der Waals surface area contributed by atoms with Gasteiger partial charge in [0.2, 0.25) is 10.0 Å². The minimum atomic E-state index is -4.05. The Labute approximate surface area is 217 Å². The number of nitrogens with two attached hydrogens (primary N) is 1. The molecule has 0 aliphatic carbocycles. The molecule has 0 atom stereocenters. The van der Waals surface area contributed by atoms with E-state index in [4.69, 9.17) is 5.73 Å². The van der Waals surface area contributed by atoms with Crippen molar-refractivity contribution in [3.05, 3.63) is 77.5 Å². The van der Waals surface area contributed by atoms with Crippen LogP contribution in [0.2, 0.25) is 0 Å². The van der Waals surface area contributed by atoms with Crippen molar-refractivity contribution in [3.8, 4) is 6.07 Å². The maximum atomic E-state index is 13.5. The molecule has 1 saturated heterocycles. The second kappa shape index (κ2) is 10.1. The number of sulfonamides is 1. The molecule has 3 heterocycles. The standard InChI is InChI=1S/C25H21N7O3S2/c26-16-18-6-3-11-29-25(18)31-12-14-32(15-13-31)37(34,35)21-9-8-19(22(27)24(21)30-33)36-20-7-1-4-17-5-2-10-28-23(17)20/h1-11H,12-15,27H2. The van der Waals surface area contributed by atoms with Crippen LogP contribution in [0.4, 0.5) is 17.2 Å². The van der Waals surface area contributed by atoms with Crippen LogP contribution in [0.15, 0.2) is 86.9 Å². The molecule has 4 aromatic rings. The Morgan fingerprint density at radius 1 is 0.946 bits per heavy atom. The number of nitrogen functional groups attached to an aromatic ring is 1. The fourth-order valence-corrected chi connectivity index (χ4v) is 6.80. The molecule has 10 nitrogen and oxygen atoms in total. The maximum Gasteiger partial charge on any atom is 0.245 e. The van der Waals surface area contributed by atoms with Crippen molar-refractivity contribution in [2.75, 3.05) is 36.8 Å². The summed E-state index contributed by atoms with van der Waals surface area (Å²) < 4.78 is 28.3. The highest BCUT2D eigenvalue weighted by Gasteiger charge is 2.33. The van der Waals surface area contributed by atoms with Crippen LogP contribution in [0.3, 0.4) is 0 Å². The average molecular weight is 532 g/mol. The van der Waals surface area contributed by atoms with E-state index in [1.165, 1.54) is 22.1 Å². The zero-order chi connectivity index (χ0) is 26.0. The van der Waals surface area contributed by atoms with Crippen LogP contribution in [0.1, 0.15) is 5.56 Å². The van der Waals surface area contributed by atoms with Crippen molar-refractivity contribution in [3.63, 3.8) is 0 Å². The summed E-state index contributed by atoms with van der Waals surface area (Å²) in [4.78, 5) is 23.5. The summed E-state index contributed by atoms with van der Waals surface area (Å²) in [6, 6.07) is 17.9. The van der Waals surface area contributed by atoms with Gasteiger partial charge >= 0.3 is 0 Å².